The summed E-state index contributed by atoms with van der Waals surface area (Å²) in [6.07, 6.45) is 1.60. The van der Waals surface area contributed by atoms with Crippen molar-refractivity contribution >= 4 is 37.3 Å². The Bertz CT molecular complexity index is 1000. The van der Waals surface area contributed by atoms with Gasteiger partial charge in [-0.1, -0.05) is 11.6 Å². The van der Waals surface area contributed by atoms with E-state index in [2.05, 4.69) is 9.44 Å². The van der Waals surface area contributed by atoms with Crippen molar-refractivity contribution < 1.29 is 21.2 Å². The largest absolute Gasteiger partial charge is 0.278 e. The minimum atomic E-state index is -3.99. The minimum absolute atomic E-state index is 0.0156. The van der Waals surface area contributed by atoms with Gasteiger partial charge in [0.15, 0.2) is 0 Å². The lowest BCUT2D eigenvalue weighted by Gasteiger charge is -2.10. The fourth-order valence-electron chi connectivity index (χ4n) is 2.06. The molecule has 0 radical (unpaired) electrons. The van der Waals surface area contributed by atoms with E-state index in [1.807, 2.05) is 0 Å². The quantitative estimate of drug-likeness (QED) is 0.774. The molecule has 0 unspecified atom stereocenters. The molecule has 1 aliphatic carbocycles. The Morgan fingerprint density at radius 3 is 2.00 bits per heavy atom. The molecule has 134 valence electrons. The molecular formula is C15H14ClFN2O4S2. The molecule has 0 heterocycles. The van der Waals surface area contributed by atoms with E-state index in [0.717, 1.165) is 25.0 Å². The third-order valence-corrected chi connectivity index (χ3v) is 6.75. The van der Waals surface area contributed by atoms with Gasteiger partial charge in [0.25, 0.3) is 10.0 Å². The zero-order chi connectivity index (χ0) is 18.2. The highest BCUT2D eigenvalue weighted by Gasteiger charge is 2.28. The third kappa shape index (κ3) is 4.30. The van der Waals surface area contributed by atoms with Crippen molar-refractivity contribution in [3.63, 3.8) is 0 Å². The van der Waals surface area contributed by atoms with Crippen molar-refractivity contribution in [3.05, 3.63) is 53.3 Å². The van der Waals surface area contributed by atoms with Crippen molar-refractivity contribution in [1.29, 1.82) is 0 Å². The van der Waals surface area contributed by atoms with Gasteiger partial charge in [-0.2, -0.15) is 0 Å². The fraction of sp³-hybridized carbons (Fsp3) is 0.200. The molecule has 0 amide bonds. The van der Waals surface area contributed by atoms with Crippen molar-refractivity contribution in [3.8, 4) is 0 Å². The van der Waals surface area contributed by atoms with Gasteiger partial charge >= 0.3 is 0 Å². The molecule has 0 aromatic heterocycles. The molecule has 1 fully saturated rings. The second-order valence-corrected chi connectivity index (χ2v) is 9.40. The number of benzene rings is 2. The Balaban J connectivity index is 1.82. The Hall–Kier alpha value is -1.68. The van der Waals surface area contributed by atoms with E-state index < -0.39 is 25.9 Å². The number of hydrogen-bond acceptors (Lipinski definition) is 4. The summed E-state index contributed by atoms with van der Waals surface area (Å²) in [5.74, 6) is -0.592. The third-order valence-electron chi connectivity index (χ3n) is 3.52. The lowest BCUT2D eigenvalue weighted by Crippen LogP contribution is -2.25. The Kier molecular flexibility index (Phi) is 4.76. The number of anilines is 1. The van der Waals surface area contributed by atoms with Gasteiger partial charge in [0.1, 0.15) is 5.82 Å². The molecule has 6 nitrogen and oxygen atoms in total. The van der Waals surface area contributed by atoms with E-state index in [9.17, 15) is 21.2 Å². The number of nitrogens with one attached hydrogen (secondary N) is 2. The first-order valence-corrected chi connectivity index (χ1v) is 10.6. The van der Waals surface area contributed by atoms with Crippen molar-refractivity contribution in [2.45, 2.75) is 28.7 Å². The molecule has 2 aromatic carbocycles. The maximum atomic E-state index is 13.0. The van der Waals surface area contributed by atoms with Crippen LogP contribution in [0.25, 0.3) is 0 Å². The smallest absolute Gasteiger partial charge is 0.261 e. The highest BCUT2D eigenvalue weighted by atomic mass is 35.5. The van der Waals surface area contributed by atoms with E-state index >= 15 is 0 Å². The second kappa shape index (κ2) is 6.56. The summed E-state index contributed by atoms with van der Waals surface area (Å²) in [5.41, 5.74) is 0.0233. The Morgan fingerprint density at radius 1 is 0.920 bits per heavy atom. The molecule has 0 spiro atoms. The highest BCUT2D eigenvalue weighted by Crippen LogP contribution is 2.26. The topological polar surface area (TPSA) is 92.3 Å². The first kappa shape index (κ1) is 18.1. The van der Waals surface area contributed by atoms with Crippen molar-refractivity contribution in [2.24, 2.45) is 0 Å². The maximum Gasteiger partial charge on any atom is 0.261 e. The zero-order valence-electron chi connectivity index (χ0n) is 12.7. The molecule has 2 N–H and O–H groups in total. The van der Waals surface area contributed by atoms with Crippen LogP contribution >= 0.6 is 11.6 Å². The van der Waals surface area contributed by atoms with E-state index in [1.165, 1.54) is 30.3 Å². The van der Waals surface area contributed by atoms with E-state index in [0.29, 0.717) is 0 Å². The molecule has 25 heavy (non-hydrogen) atoms. The predicted molar refractivity (Wildman–Crippen MR) is 92.0 cm³/mol. The van der Waals surface area contributed by atoms with Gasteiger partial charge in [0.05, 0.1) is 20.5 Å². The summed E-state index contributed by atoms with van der Waals surface area (Å²) in [7, 11) is -7.65. The van der Waals surface area contributed by atoms with Crippen LogP contribution in [0.5, 0.6) is 0 Å². The van der Waals surface area contributed by atoms with Gasteiger partial charge in [-0.05, 0) is 55.3 Å². The number of rotatable bonds is 6. The maximum absolute atomic E-state index is 13.0. The van der Waals surface area contributed by atoms with Crippen LogP contribution in [-0.2, 0) is 20.0 Å². The van der Waals surface area contributed by atoms with E-state index in [1.54, 1.807) is 0 Å². The lowest BCUT2D eigenvalue weighted by molar-refractivity contribution is 0.580. The number of sulfonamides is 2. The van der Waals surface area contributed by atoms with Crippen LogP contribution in [0, 0.1) is 5.82 Å². The van der Waals surface area contributed by atoms with Crippen LogP contribution in [0.15, 0.2) is 52.3 Å². The molecule has 3 rings (SSSR count). The van der Waals surface area contributed by atoms with Crippen LogP contribution in [0.4, 0.5) is 10.1 Å². The summed E-state index contributed by atoms with van der Waals surface area (Å²) in [6, 6.07) is 8.00. The van der Waals surface area contributed by atoms with Crippen LogP contribution in [0.1, 0.15) is 12.8 Å². The standard InChI is InChI=1S/C15H14ClFN2O4S2/c16-14-9-10(17)1-8-15(14)19-25(22,23)13-6-4-12(5-7-13)24(20,21)18-11-2-3-11/h1,4-9,11,18-19H,2-3H2. The Morgan fingerprint density at radius 2 is 1.48 bits per heavy atom. The summed E-state index contributed by atoms with van der Waals surface area (Å²) in [4.78, 5) is -0.156. The Labute approximate surface area is 150 Å². The summed E-state index contributed by atoms with van der Waals surface area (Å²) in [5, 5.41) is -0.0867. The van der Waals surface area contributed by atoms with Crippen LogP contribution in [0.3, 0.4) is 0 Å². The first-order chi connectivity index (χ1) is 11.7. The van der Waals surface area contributed by atoms with Gasteiger partial charge in [0.2, 0.25) is 10.0 Å². The zero-order valence-corrected chi connectivity index (χ0v) is 15.1. The summed E-state index contributed by atoms with van der Waals surface area (Å²) in [6.45, 7) is 0. The van der Waals surface area contributed by atoms with Crippen molar-refractivity contribution in [1.82, 2.24) is 4.72 Å². The normalized spacial score (nSPS) is 15.1. The molecule has 0 atom stereocenters. The highest BCUT2D eigenvalue weighted by molar-refractivity contribution is 7.92. The van der Waals surface area contributed by atoms with Gasteiger partial charge in [-0.3, -0.25) is 4.72 Å². The van der Waals surface area contributed by atoms with Crippen LogP contribution in [0.2, 0.25) is 5.02 Å². The van der Waals surface area contributed by atoms with E-state index in [-0.39, 0.29) is 26.5 Å². The molecule has 0 bridgehead atoms. The lowest BCUT2D eigenvalue weighted by atomic mass is 10.3. The van der Waals surface area contributed by atoms with Gasteiger partial charge in [0, 0.05) is 6.04 Å². The summed E-state index contributed by atoms with van der Waals surface area (Å²) < 4.78 is 66.7. The predicted octanol–water partition coefficient (Wildman–Crippen LogP) is 2.72. The summed E-state index contributed by atoms with van der Waals surface area (Å²) >= 11 is 5.81. The molecule has 0 aliphatic heterocycles. The average molecular weight is 405 g/mol. The van der Waals surface area contributed by atoms with Crippen molar-refractivity contribution in [2.75, 3.05) is 4.72 Å². The van der Waals surface area contributed by atoms with E-state index in [4.69, 9.17) is 11.6 Å². The second-order valence-electron chi connectivity index (χ2n) is 5.60. The monoisotopic (exact) mass is 404 g/mol. The molecular weight excluding hydrogens is 391 g/mol. The molecule has 1 aliphatic rings. The molecule has 10 heteroatoms. The average Bonchev–Trinajstić information content (AvgIpc) is 3.33. The molecule has 2 aromatic rings. The molecule has 1 saturated carbocycles. The van der Waals surface area contributed by atoms with Gasteiger partial charge in [-0.25, -0.2) is 25.9 Å². The van der Waals surface area contributed by atoms with Gasteiger partial charge in [-0.15, -0.1) is 0 Å². The van der Waals surface area contributed by atoms with Crippen LogP contribution < -0.4 is 9.44 Å². The number of halogens is 2. The number of hydrogen-bond donors (Lipinski definition) is 2. The minimum Gasteiger partial charge on any atom is -0.278 e. The molecule has 0 saturated heterocycles. The first-order valence-electron chi connectivity index (χ1n) is 7.28. The fourth-order valence-corrected chi connectivity index (χ4v) is 4.72. The SMILES string of the molecule is O=S(=O)(Nc1ccc(F)cc1Cl)c1ccc(S(=O)(=O)NC2CC2)cc1. The van der Waals surface area contributed by atoms with Crippen LogP contribution in [-0.4, -0.2) is 22.9 Å². The van der Waals surface area contributed by atoms with Gasteiger partial charge < -0.3 is 0 Å².